The van der Waals surface area contributed by atoms with E-state index in [0.29, 0.717) is 11.3 Å². The van der Waals surface area contributed by atoms with Crippen LogP contribution < -0.4 is 5.32 Å². The molecule has 1 amide bonds. The van der Waals surface area contributed by atoms with Gasteiger partial charge in [0.25, 0.3) is 5.91 Å². The largest absolute Gasteiger partial charge is 0.322 e. The number of rotatable bonds is 3. The topological polar surface area (TPSA) is 46.9 Å². The monoisotopic (exact) mass is 301 g/mol. The maximum absolute atomic E-state index is 12.5. The standard InChI is InChI=1S/C19H15N3O/c1-3-15-8-7-9-16(12-15)21-19(23)18-13-20-22(14(18)2)17-10-5-4-6-11-17/h1,4-13H,2H3,(H,21,23). The second kappa shape index (κ2) is 6.20. The zero-order valence-electron chi connectivity index (χ0n) is 12.7. The van der Waals surface area contributed by atoms with Crippen LogP contribution >= 0.6 is 0 Å². The van der Waals surface area contributed by atoms with Crippen LogP contribution in [0.1, 0.15) is 21.6 Å². The van der Waals surface area contributed by atoms with Gasteiger partial charge in [-0.15, -0.1) is 6.42 Å². The minimum absolute atomic E-state index is 0.209. The third-order valence-corrected chi connectivity index (χ3v) is 3.54. The Kier molecular flexibility index (Phi) is 3.94. The third-order valence-electron chi connectivity index (χ3n) is 3.54. The molecule has 0 bridgehead atoms. The smallest absolute Gasteiger partial charge is 0.259 e. The summed E-state index contributed by atoms with van der Waals surface area (Å²) in [7, 11) is 0. The molecule has 2 aromatic carbocycles. The van der Waals surface area contributed by atoms with Crippen molar-refractivity contribution in [1.29, 1.82) is 0 Å². The molecule has 0 aliphatic heterocycles. The molecule has 0 aliphatic rings. The maximum Gasteiger partial charge on any atom is 0.259 e. The Morgan fingerprint density at radius 1 is 1.17 bits per heavy atom. The van der Waals surface area contributed by atoms with Gasteiger partial charge < -0.3 is 5.32 Å². The van der Waals surface area contributed by atoms with Crippen molar-refractivity contribution in [2.45, 2.75) is 6.92 Å². The highest BCUT2D eigenvalue weighted by Crippen LogP contribution is 2.16. The van der Waals surface area contributed by atoms with Crippen molar-refractivity contribution < 1.29 is 4.79 Å². The molecule has 1 heterocycles. The van der Waals surface area contributed by atoms with Gasteiger partial charge in [-0.1, -0.05) is 30.2 Å². The van der Waals surface area contributed by atoms with Gasteiger partial charge >= 0.3 is 0 Å². The van der Waals surface area contributed by atoms with Gasteiger partial charge in [0.05, 0.1) is 23.1 Å². The first-order valence-corrected chi connectivity index (χ1v) is 7.17. The van der Waals surface area contributed by atoms with Gasteiger partial charge in [-0.05, 0) is 37.3 Å². The van der Waals surface area contributed by atoms with E-state index in [2.05, 4.69) is 16.3 Å². The number of benzene rings is 2. The summed E-state index contributed by atoms with van der Waals surface area (Å²) in [5.41, 5.74) is 3.61. The maximum atomic E-state index is 12.5. The van der Waals surface area contributed by atoms with E-state index in [1.165, 1.54) is 0 Å². The molecule has 3 aromatic rings. The molecule has 1 aromatic heterocycles. The number of amides is 1. The van der Waals surface area contributed by atoms with Crippen LogP contribution in [0.5, 0.6) is 0 Å². The van der Waals surface area contributed by atoms with Gasteiger partial charge in [-0.2, -0.15) is 5.10 Å². The third kappa shape index (κ3) is 2.99. The van der Waals surface area contributed by atoms with Crippen LogP contribution in [-0.2, 0) is 0 Å². The summed E-state index contributed by atoms with van der Waals surface area (Å²) in [4.78, 5) is 12.5. The van der Waals surface area contributed by atoms with Crippen molar-refractivity contribution >= 4 is 11.6 Å². The van der Waals surface area contributed by atoms with Gasteiger partial charge in [-0.25, -0.2) is 4.68 Å². The number of carbonyl (C=O) groups is 1. The average molecular weight is 301 g/mol. The number of para-hydroxylation sites is 1. The predicted octanol–water partition coefficient (Wildman–Crippen LogP) is 3.41. The van der Waals surface area contributed by atoms with E-state index in [4.69, 9.17) is 6.42 Å². The van der Waals surface area contributed by atoms with E-state index in [0.717, 1.165) is 16.9 Å². The van der Waals surface area contributed by atoms with E-state index in [9.17, 15) is 4.79 Å². The zero-order valence-corrected chi connectivity index (χ0v) is 12.7. The lowest BCUT2D eigenvalue weighted by atomic mass is 10.2. The lowest BCUT2D eigenvalue weighted by molar-refractivity contribution is 0.102. The number of nitrogens with one attached hydrogen (secondary N) is 1. The van der Waals surface area contributed by atoms with Crippen LogP contribution in [0.15, 0.2) is 60.8 Å². The van der Waals surface area contributed by atoms with Crippen molar-refractivity contribution in [2.75, 3.05) is 5.32 Å². The molecule has 23 heavy (non-hydrogen) atoms. The van der Waals surface area contributed by atoms with Crippen molar-refractivity contribution in [2.24, 2.45) is 0 Å². The Bertz CT molecular complexity index is 888. The average Bonchev–Trinajstić information content (AvgIpc) is 2.97. The Morgan fingerprint density at radius 3 is 2.70 bits per heavy atom. The van der Waals surface area contributed by atoms with E-state index in [1.807, 2.05) is 49.4 Å². The van der Waals surface area contributed by atoms with Crippen molar-refractivity contribution in [3.05, 3.63) is 77.6 Å². The highest BCUT2D eigenvalue weighted by atomic mass is 16.1. The van der Waals surface area contributed by atoms with E-state index in [1.54, 1.807) is 23.0 Å². The van der Waals surface area contributed by atoms with Crippen molar-refractivity contribution in [1.82, 2.24) is 9.78 Å². The summed E-state index contributed by atoms with van der Waals surface area (Å²) in [5, 5.41) is 7.16. The Hall–Kier alpha value is -3.32. The molecule has 0 aliphatic carbocycles. The van der Waals surface area contributed by atoms with E-state index < -0.39 is 0 Å². The number of hydrogen-bond acceptors (Lipinski definition) is 2. The SMILES string of the molecule is C#Cc1cccc(NC(=O)c2cnn(-c3ccccc3)c2C)c1. The van der Waals surface area contributed by atoms with Gasteiger partial charge in [0.15, 0.2) is 0 Å². The molecule has 0 atom stereocenters. The number of carbonyl (C=O) groups excluding carboxylic acids is 1. The Labute approximate surface area is 134 Å². The molecule has 0 radical (unpaired) electrons. The first-order chi connectivity index (χ1) is 11.2. The second-order valence-electron chi connectivity index (χ2n) is 5.07. The van der Waals surface area contributed by atoms with Crippen LogP contribution in [0.25, 0.3) is 5.69 Å². The van der Waals surface area contributed by atoms with Gasteiger partial charge in [0, 0.05) is 11.3 Å². The van der Waals surface area contributed by atoms with Gasteiger partial charge in [0.1, 0.15) is 0 Å². The highest BCUT2D eigenvalue weighted by molar-refractivity contribution is 6.05. The molecule has 0 saturated carbocycles. The number of terminal acetylenes is 1. The first kappa shape index (κ1) is 14.6. The molecule has 1 N–H and O–H groups in total. The Morgan fingerprint density at radius 2 is 1.96 bits per heavy atom. The fraction of sp³-hybridized carbons (Fsp3) is 0.0526. The number of hydrogen-bond donors (Lipinski definition) is 1. The number of aromatic nitrogens is 2. The van der Waals surface area contributed by atoms with Crippen LogP contribution in [0.4, 0.5) is 5.69 Å². The number of anilines is 1. The fourth-order valence-electron chi connectivity index (χ4n) is 2.35. The molecule has 0 fully saturated rings. The fourth-order valence-corrected chi connectivity index (χ4v) is 2.35. The zero-order chi connectivity index (χ0) is 16.2. The quantitative estimate of drug-likeness (QED) is 0.754. The molecule has 4 heteroatoms. The summed E-state index contributed by atoms with van der Waals surface area (Å²) in [6, 6.07) is 16.9. The van der Waals surface area contributed by atoms with Crippen LogP contribution in [-0.4, -0.2) is 15.7 Å². The molecule has 0 spiro atoms. The molecule has 4 nitrogen and oxygen atoms in total. The summed E-state index contributed by atoms with van der Waals surface area (Å²) in [5.74, 6) is 2.34. The van der Waals surface area contributed by atoms with Gasteiger partial charge in [0.2, 0.25) is 0 Å². The van der Waals surface area contributed by atoms with Crippen LogP contribution in [0.3, 0.4) is 0 Å². The van der Waals surface area contributed by atoms with Crippen LogP contribution in [0, 0.1) is 19.3 Å². The molecular formula is C19H15N3O. The first-order valence-electron chi connectivity index (χ1n) is 7.17. The normalized spacial score (nSPS) is 10.1. The summed E-state index contributed by atoms with van der Waals surface area (Å²) in [6.07, 6.45) is 6.95. The molecule has 0 unspecified atom stereocenters. The number of nitrogens with zero attached hydrogens (tertiary/aromatic N) is 2. The molecule has 112 valence electrons. The van der Waals surface area contributed by atoms with Gasteiger partial charge in [-0.3, -0.25) is 4.79 Å². The Balaban J connectivity index is 1.86. The summed E-state index contributed by atoms with van der Waals surface area (Å²) in [6.45, 7) is 1.87. The molecular weight excluding hydrogens is 286 g/mol. The van der Waals surface area contributed by atoms with Crippen molar-refractivity contribution in [3.8, 4) is 18.0 Å². The summed E-state index contributed by atoms with van der Waals surface area (Å²) < 4.78 is 1.74. The minimum atomic E-state index is -0.209. The second-order valence-corrected chi connectivity index (χ2v) is 5.07. The van der Waals surface area contributed by atoms with E-state index >= 15 is 0 Å². The predicted molar refractivity (Wildman–Crippen MR) is 90.6 cm³/mol. The lowest BCUT2D eigenvalue weighted by Gasteiger charge is -2.07. The summed E-state index contributed by atoms with van der Waals surface area (Å²) >= 11 is 0. The lowest BCUT2D eigenvalue weighted by Crippen LogP contribution is -2.13. The molecule has 0 saturated heterocycles. The van der Waals surface area contributed by atoms with Crippen molar-refractivity contribution in [3.63, 3.8) is 0 Å². The highest BCUT2D eigenvalue weighted by Gasteiger charge is 2.15. The minimum Gasteiger partial charge on any atom is -0.322 e. The van der Waals surface area contributed by atoms with Crippen LogP contribution in [0.2, 0.25) is 0 Å². The van der Waals surface area contributed by atoms with E-state index in [-0.39, 0.29) is 5.91 Å². The molecule has 3 rings (SSSR count).